The number of benzene rings is 1. The number of rotatable bonds is 1. The Bertz CT molecular complexity index is 717. The molecule has 3 rings (SSSR count). The third-order valence-electron chi connectivity index (χ3n) is 3.04. The van der Waals surface area contributed by atoms with Crippen LogP contribution in [0.4, 0.5) is 0 Å². The van der Waals surface area contributed by atoms with Gasteiger partial charge in [-0.2, -0.15) is 5.10 Å². The summed E-state index contributed by atoms with van der Waals surface area (Å²) < 4.78 is 1.68. The Balaban J connectivity index is 2.36. The van der Waals surface area contributed by atoms with E-state index >= 15 is 0 Å². The van der Waals surface area contributed by atoms with Crippen molar-refractivity contribution in [1.29, 1.82) is 0 Å². The van der Waals surface area contributed by atoms with Crippen molar-refractivity contribution >= 4 is 17.2 Å². The van der Waals surface area contributed by atoms with Gasteiger partial charge in [-0.25, -0.2) is 9.50 Å². The van der Waals surface area contributed by atoms with Gasteiger partial charge in [-0.15, -0.1) is 0 Å². The van der Waals surface area contributed by atoms with Crippen LogP contribution in [0, 0.1) is 13.8 Å². The molecule has 3 nitrogen and oxygen atoms in total. The van der Waals surface area contributed by atoms with Gasteiger partial charge < -0.3 is 0 Å². The van der Waals surface area contributed by atoms with Gasteiger partial charge in [-0.05, 0) is 13.8 Å². The second-order valence-electron chi connectivity index (χ2n) is 4.31. The third kappa shape index (κ3) is 1.59. The maximum Gasteiger partial charge on any atom is 0.160 e. The van der Waals surface area contributed by atoms with Gasteiger partial charge in [-0.1, -0.05) is 41.9 Å². The van der Waals surface area contributed by atoms with Crippen LogP contribution >= 0.6 is 11.6 Å². The van der Waals surface area contributed by atoms with Crippen molar-refractivity contribution in [1.82, 2.24) is 14.6 Å². The Morgan fingerprint density at radius 2 is 1.83 bits per heavy atom. The summed E-state index contributed by atoms with van der Waals surface area (Å²) in [5.41, 5.74) is 4.76. The lowest BCUT2D eigenvalue weighted by Gasteiger charge is -2.09. The molecule has 2 heterocycles. The first-order valence-corrected chi connectivity index (χ1v) is 6.12. The first-order chi connectivity index (χ1) is 8.68. The predicted molar refractivity (Wildman–Crippen MR) is 72.9 cm³/mol. The third-order valence-corrected chi connectivity index (χ3v) is 3.48. The van der Waals surface area contributed by atoms with Gasteiger partial charge in [0.1, 0.15) is 5.15 Å². The molecule has 0 bridgehead atoms. The highest BCUT2D eigenvalue weighted by Crippen LogP contribution is 2.28. The number of fused-ring (bicyclic) bond motifs is 1. The van der Waals surface area contributed by atoms with Crippen LogP contribution in [0.2, 0.25) is 5.15 Å². The molecule has 0 spiro atoms. The Labute approximate surface area is 110 Å². The van der Waals surface area contributed by atoms with Gasteiger partial charge in [-0.3, -0.25) is 0 Å². The van der Waals surface area contributed by atoms with E-state index in [9.17, 15) is 0 Å². The van der Waals surface area contributed by atoms with Crippen LogP contribution in [-0.2, 0) is 0 Å². The Morgan fingerprint density at radius 3 is 2.56 bits per heavy atom. The molecule has 0 atom stereocenters. The highest BCUT2D eigenvalue weighted by molar-refractivity contribution is 6.30. The van der Waals surface area contributed by atoms with Crippen molar-refractivity contribution < 1.29 is 0 Å². The highest BCUT2D eigenvalue weighted by Gasteiger charge is 2.13. The normalized spacial score (nSPS) is 11.1. The lowest BCUT2D eigenvalue weighted by atomic mass is 10.1. The van der Waals surface area contributed by atoms with E-state index in [1.54, 1.807) is 10.7 Å². The summed E-state index contributed by atoms with van der Waals surface area (Å²) in [6.07, 6.45) is 1.78. The average Bonchev–Trinajstić information content (AvgIpc) is 2.77. The largest absolute Gasteiger partial charge is 0.228 e. The van der Waals surface area contributed by atoms with Crippen molar-refractivity contribution in [3.63, 3.8) is 0 Å². The van der Waals surface area contributed by atoms with Crippen molar-refractivity contribution in [2.24, 2.45) is 0 Å². The van der Waals surface area contributed by atoms with Crippen LogP contribution in [-0.4, -0.2) is 14.6 Å². The zero-order valence-electron chi connectivity index (χ0n) is 10.2. The van der Waals surface area contributed by atoms with Gasteiger partial charge in [0.05, 0.1) is 11.9 Å². The molecule has 0 saturated carbocycles. The monoisotopic (exact) mass is 257 g/mol. The second-order valence-corrected chi connectivity index (χ2v) is 4.66. The topological polar surface area (TPSA) is 30.2 Å². The fraction of sp³-hybridized carbons (Fsp3) is 0.143. The molecule has 2 aromatic heterocycles. The van der Waals surface area contributed by atoms with E-state index in [0.29, 0.717) is 5.15 Å². The average molecular weight is 258 g/mol. The lowest BCUT2D eigenvalue weighted by Crippen LogP contribution is -1.99. The van der Waals surface area contributed by atoms with Crippen molar-refractivity contribution in [3.05, 3.63) is 52.8 Å². The van der Waals surface area contributed by atoms with Gasteiger partial charge in [0.25, 0.3) is 0 Å². The Morgan fingerprint density at radius 1 is 1.11 bits per heavy atom. The summed E-state index contributed by atoms with van der Waals surface area (Å²) in [6.45, 7) is 3.95. The van der Waals surface area contributed by atoms with Crippen molar-refractivity contribution in [2.45, 2.75) is 13.8 Å². The van der Waals surface area contributed by atoms with E-state index in [-0.39, 0.29) is 0 Å². The summed E-state index contributed by atoms with van der Waals surface area (Å²) in [5.74, 6) is 0. The summed E-state index contributed by atoms with van der Waals surface area (Å²) in [4.78, 5) is 4.68. The zero-order chi connectivity index (χ0) is 12.7. The van der Waals surface area contributed by atoms with Crippen LogP contribution in [0.15, 0.2) is 36.5 Å². The van der Waals surface area contributed by atoms with Gasteiger partial charge in [0.15, 0.2) is 5.65 Å². The summed E-state index contributed by atoms with van der Waals surface area (Å²) in [5, 5.41) is 4.85. The molecule has 0 aliphatic carbocycles. The molecular formula is C14H12ClN3. The lowest BCUT2D eigenvalue weighted by molar-refractivity contribution is 0.931. The summed E-state index contributed by atoms with van der Waals surface area (Å²) >= 11 is 6.35. The van der Waals surface area contributed by atoms with Gasteiger partial charge >= 0.3 is 0 Å². The van der Waals surface area contributed by atoms with Crippen LogP contribution in [0.25, 0.3) is 16.9 Å². The van der Waals surface area contributed by atoms with E-state index in [4.69, 9.17) is 11.6 Å². The van der Waals surface area contributed by atoms with Crippen LogP contribution in [0.3, 0.4) is 0 Å². The Kier molecular flexibility index (Phi) is 2.56. The molecule has 0 amide bonds. The van der Waals surface area contributed by atoms with Crippen LogP contribution in [0.1, 0.15) is 11.1 Å². The summed E-state index contributed by atoms with van der Waals surface area (Å²) in [7, 11) is 0. The first-order valence-electron chi connectivity index (χ1n) is 5.74. The molecule has 0 aliphatic rings. The molecule has 4 heteroatoms. The molecule has 18 heavy (non-hydrogen) atoms. The zero-order valence-corrected chi connectivity index (χ0v) is 10.9. The molecule has 0 aliphatic heterocycles. The van der Waals surface area contributed by atoms with E-state index in [1.807, 2.05) is 44.2 Å². The molecule has 0 saturated heterocycles. The highest BCUT2D eigenvalue weighted by atomic mass is 35.5. The van der Waals surface area contributed by atoms with Crippen molar-refractivity contribution in [3.8, 4) is 11.3 Å². The second kappa shape index (κ2) is 4.10. The van der Waals surface area contributed by atoms with Gasteiger partial charge in [0, 0.05) is 16.7 Å². The predicted octanol–water partition coefficient (Wildman–Crippen LogP) is 3.67. The number of halogens is 1. The minimum atomic E-state index is 0.618. The quantitative estimate of drug-likeness (QED) is 0.623. The van der Waals surface area contributed by atoms with E-state index in [2.05, 4.69) is 10.1 Å². The molecule has 0 fully saturated rings. The van der Waals surface area contributed by atoms with Crippen molar-refractivity contribution in [2.75, 3.05) is 0 Å². The first kappa shape index (κ1) is 11.2. The van der Waals surface area contributed by atoms with E-state index < -0.39 is 0 Å². The number of nitrogens with zero attached hydrogens (tertiary/aromatic N) is 3. The minimum absolute atomic E-state index is 0.618. The number of hydrogen-bond acceptors (Lipinski definition) is 2. The number of hydrogen-bond donors (Lipinski definition) is 0. The number of aryl methyl sites for hydroxylation is 1. The fourth-order valence-electron chi connectivity index (χ4n) is 2.03. The van der Waals surface area contributed by atoms with Crippen LogP contribution < -0.4 is 0 Å². The van der Waals surface area contributed by atoms with E-state index in [0.717, 1.165) is 28.0 Å². The molecule has 90 valence electrons. The number of aromatic nitrogens is 3. The minimum Gasteiger partial charge on any atom is -0.228 e. The molecule has 3 aromatic rings. The molecule has 1 aromatic carbocycles. The maximum atomic E-state index is 6.35. The Hall–Kier alpha value is -1.87. The van der Waals surface area contributed by atoms with E-state index in [1.165, 1.54) is 0 Å². The molecule has 0 unspecified atom stereocenters. The molecule has 0 N–H and O–H groups in total. The summed E-state index contributed by atoms with van der Waals surface area (Å²) in [6, 6.07) is 10.1. The molecule has 0 radical (unpaired) electrons. The maximum absolute atomic E-state index is 6.35. The smallest absolute Gasteiger partial charge is 0.160 e. The molecular weight excluding hydrogens is 246 g/mol. The SMILES string of the molecule is Cc1c(-c2ccccc2)nc2c(C)cnn2c1Cl. The fourth-order valence-corrected chi connectivity index (χ4v) is 2.24. The van der Waals surface area contributed by atoms with Gasteiger partial charge in [0.2, 0.25) is 0 Å². The van der Waals surface area contributed by atoms with Crippen LogP contribution in [0.5, 0.6) is 0 Å². The standard InChI is InChI=1S/C14H12ClN3/c1-9-8-16-18-13(15)10(2)12(17-14(9)18)11-6-4-3-5-7-11/h3-8H,1-2H3.